The summed E-state index contributed by atoms with van der Waals surface area (Å²) >= 11 is 13.4. The molecule has 2 atom stereocenters. The zero-order chi connectivity index (χ0) is 16.8. The molecule has 0 saturated carbocycles. The number of halogens is 2. The van der Waals surface area contributed by atoms with Crippen molar-refractivity contribution < 1.29 is 0 Å². The van der Waals surface area contributed by atoms with Crippen LogP contribution in [-0.2, 0) is 0 Å². The first-order valence-corrected chi connectivity index (χ1v) is 9.30. The summed E-state index contributed by atoms with van der Waals surface area (Å²) in [5, 5.41) is 0.000552. The molecule has 0 aliphatic heterocycles. The molecular formula is C22H20Cl2. The second kappa shape index (κ2) is 6.10. The summed E-state index contributed by atoms with van der Waals surface area (Å²) < 4.78 is 0. The molecule has 0 aromatic heterocycles. The van der Waals surface area contributed by atoms with Crippen molar-refractivity contribution in [2.24, 2.45) is 0 Å². The lowest BCUT2D eigenvalue weighted by Gasteiger charge is -2.13. The van der Waals surface area contributed by atoms with Crippen LogP contribution in [0.1, 0.15) is 57.0 Å². The Morgan fingerprint density at radius 3 is 1.54 bits per heavy atom. The Kier molecular flexibility index (Phi) is 4.06. The average molecular weight is 355 g/mol. The van der Waals surface area contributed by atoms with Gasteiger partial charge in [0.2, 0.25) is 0 Å². The van der Waals surface area contributed by atoms with E-state index in [-0.39, 0.29) is 10.8 Å². The van der Waals surface area contributed by atoms with E-state index in [0.29, 0.717) is 0 Å². The molecule has 2 unspecified atom stereocenters. The van der Waals surface area contributed by atoms with Gasteiger partial charge in [0.05, 0.1) is 10.8 Å². The summed E-state index contributed by atoms with van der Waals surface area (Å²) in [4.78, 5) is 0. The van der Waals surface area contributed by atoms with E-state index in [1.54, 1.807) is 0 Å². The number of alkyl halides is 2. The van der Waals surface area contributed by atoms with Crippen LogP contribution in [0.5, 0.6) is 0 Å². The molecule has 0 amide bonds. The van der Waals surface area contributed by atoms with Crippen molar-refractivity contribution >= 4 is 35.4 Å². The topological polar surface area (TPSA) is 0 Å². The minimum absolute atomic E-state index is 0.000276. The Morgan fingerprint density at radius 2 is 1.12 bits per heavy atom. The van der Waals surface area contributed by atoms with Crippen molar-refractivity contribution in [3.63, 3.8) is 0 Å². The van der Waals surface area contributed by atoms with E-state index in [1.807, 2.05) is 0 Å². The predicted molar refractivity (Wildman–Crippen MR) is 105 cm³/mol. The molecule has 2 aromatic carbocycles. The molecule has 4 rings (SSSR count). The van der Waals surface area contributed by atoms with E-state index in [1.165, 1.54) is 44.5 Å². The minimum atomic E-state index is 0.000276. The van der Waals surface area contributed by atoms with E-state index >= 15 is 0 Å². The van der Waals surface area contributed by atoms with Gasteiger partial charge in [-0.3, -0.25) is 0 Å². The van der Waals surface area contributed by atoms with E-state index in [0.717, 1.165) is 12.8 Å². The van der Waals surface area contributed by atoms with E-state index in [2.05, 4.69) is 62.4 Å². The van der Waals surface area contributed by atoms with Crippen LogP contribution in [0.4, 0.5) is 0 Å². The third-order valence-corrected chi connectivity index (χ3v) is 6.10. The largest absolute Gasteiger partial charge is 0.113 e. The molecule has 2 aliphatic rings. The van der Waals surface area contributed by atoms with Crippen molar-refractivity contribution in [2.75, 3.05) is 0 Å². The van der Waals surface area contributed by atoms with Crippen LogP contribution < -0.4 is 0 Å². The third-order valence-electron chi connectivity index (χ3n) is 5.07. The Bertz CT molecular complexity index is 800. The number of fused-ring (bicyclic) bond motifs is 2. The third kappa shape index (κ3) is 2.72. The number of aryl methyl sites for hydroxylation is 2. The van der Waals surface area contributed by atoms with Crippen molar-refractivity contribution in [2.45, 2.75) is 37.4 Å². The molecule has 0 nitrogen and oxygen atoms in total. The Labute approximate surface area is 153 Å². The zero-order valence-corrected chi connectivity index (χ0v) is 15.5. The van der Waals surface area contributed by atoms with Gasteiger partial charge < -0.3 is 0 Å². The summed E-state index contributed by atoms with van der Waals surface area (Å²) in [7, 11) is 0. The number of hydrogen-bond donors (Lipinski definition) is 0. The first kappa shape index (κ1) is 16.0. The maximum absolute atomic E-state index is 6.69. The molecule has 0 radical (unpaired) electrons. The van der Waals surface area contributed by atoms with Gasteiger partial charge in [-0.1, -0.05) is 59.7 Å². The monoisotopic (exact) mass is 354 g/mol. The SMILES string of the molecule is Cc1ccc2c(c1)C(Cl)C(CCC1=Cc3ccc(C)cc3C1Cl)=C2. The fourth-order valence-corrected chi connectivity index (χ4v) is 4.44. The Hall–Kier alpha value is -1.50. The molecule has 24 heavy (non-hydrogen) atoms. The molecule has 2 aromatic rings. The van der Waals surface area contributed by atoms with Gasteiger partial charge in [-0.05, 0) is 60.1 Å². The Balaban J connectivity index is 1.49. The fourth-order valence-electron chi connectivity index (χ4n) is 3.72. The molecule has 122 valence electrons. The van der Waals surface area contributed by atoms with Crippen molar-refractivity contribution in [1.29, 1.82) is 0 Å². The summed E-state index contributed by atoms with van der Waals surface area (Å²) in [5.41, 5.74) is 10.1. The second-order valence-electron chi connectivity index (χ2n) is 6.93. The molecule has 0 heterocycles. The van der Waals surface area contributed by atoms with Crippen molar-refractivity contribution in [1.82, 2.24) is 0 Å². The molecule has 0 saturated heterocycles. The lowest BCUT2D eigenvalue weighted by atomic mass is 10.0. The summed E-state index contributed by atoms with van der Waals surface area (Å²) in [6.45, 7) is 4.23. The fraction of sp³-hybridized carbons (Fsp3) is 0.273. The van der Waals surface area contributed by atoms with Crippen LogP contribution in [0, 0.1) is 13.8 Å². The van der Waals surface area contributed by atoms with Gasteiger partial charge in [-0.15, -0.1) is 23.2 Å². The molecule has 0 bridgehead atoms. The maximum Gasteiger partial charge on any atom is 0.0804 e. The van der Waals surface area contributed by atoms with E-state index in [4.69, 9.17) is 23.2 Å². The van der Waals surface area contributed by atoms with Gasteiger partial charge in [0.15, 0.2) is 0 Å². The van der Waals surface area contributed by atoms with E-state index < -0.39 is 0 Å². The first-order chi connectivity index (χ1) is 11.5. The highest BCUT2D eigenvalue weighted by Gasteiger charge is 2.26. The van der Waals surface area contributed by atoms with Gasteiger partial charge in [0, 0.05) is 0 Å². The van der Waals surface area contributed by atoms with Crippen molar-refractivity contribution in [3.05, 3.63) is 80.9 Å². The van der Waals surface area contributed by atoms with Crippen LogP contribution in [-0.4, -0.2) is 0 Å². The summed E-state index contributed by atoms with van der Waals surface area (Å²) in [5.74, 6) is 0. The normalized spacial score (nSPS) is 21.3. The van der Waals surface area contributed by atoms with Crippen LogP contribution in [0.15, 0.2) is 47.5 Å². The molecule has 0 spiro atoms. The highest BCUT2D eigenvalue weighted by Crippen LogP contribution is 2.45. The van der Waals surface area contributed by atoms with Crippen LogP contribution in [0.2, 0.25) is 0 Å². The lowest BCUT2D eigenvalue weighted by Crippen LogP contribution is -1.95. The molecular weight excluding hydrogens is 335 g/mol. The summed E-state index contributed by atoms with van der Waals surface area (Å²) in [6, 6.07) is 13.0. The predicted octanol–water partition coefficient (Wildman–Crippen LogP) is 7.14. The van der Waals surface area contributed by atoms with Crippen molar-refractivity contribution in [3.8, 4) is 0 Å². The Morgan fingerprint density at radius 1 is 0.708 bits per heavy atom. The quantitative estimate of drug-likeness (QED) is 0.513. The van der Waals surface area contributed by atoms with Gasteiger partial charge in [0.25, 0.3) is 0 Å². The molecule has 0 N–H and O–H groups in total. The van der Waals surface area contributed by atoms with Crippen LogP contribution in [0.25, 0.3) is 12.2 Å². The lowest BCUT2D eigenvalue weighted by molar-refractivity contribution is 0.867. The van der Waals surface area contributed by atoms with Gasteiger partial charge in [0.1, 0.15) is 0 Å². The molecule has 2 aliphatic carbocycles. The second-order valence-corrected chi connectivity index (χ2v) is 7.80. The van der Waals surface area contributed by atoms with Crippen LogP contribution >= 0.6 is 23.2 Å². The number of allylic oxidation sites excluding steroid dienone is 2. The van der Waals surface area contributed by atoms with Gasteiger partial charge in [-0.2, -0.15) is 0 Å². The first-order valence-electron chi connectivity index (χ1n) is 8.43. The number of hydrogen-bond acceptors (Lipinski definition) is 0. The molecule has 0 fully saturated rings. The smallest absolute Gasteiger partial charge is 0.0804 e. The van der Waals surface area contributed by atoms with E-state index in [9.17, 15) is 0 Å². The highest BCUT2D eigenvalue weighted by atomic mass is 35.5. The van der Waals surface area contributed by atoms with Gasteiger partial charge >= 0.3 is 0 Å². The maximum atomic E-state index is 6.69. The number of benzene rings is 2. The average Bonchev–Trinajstić information content (AvgIpc) is 3.04. The number of rotatable bonds is 3. The summed E-state index contributed by atoms with van der Waals surface area (Å²) in [6.07, 6.45) is 6.43. The van der Waals surface area contributed by atoms with Gasteiger partial charge in [-0.25, -0.2) is 0 Å². The zero-order valence-electron chi connectivity index (χ0n) is 13.9. The van der Waals surface area contributed by atoms with Crippen LogP contribution in [0.3, 0.4) is 0 Å². The highest BCUT2D eigenvalue weighted by molar-refractivity contribution is 6.24. The molecule has 2 heteroatoms. The standard InChI is InChI=1S/C22H20Cl2/c1-13-3-5-15-11-17(21(23)19(15)9-13)7-8-18-12-16-6-4-14(2)10-20(16)22(18)24/h3-6,9-12,21-22H,7-8H2,1-2H3. The minimum Gasteiger partial charge on any atom is -0.113 e.